The van der Waals surface area contributed by atoms with Crippen molar-refractivity contribution in [2.24, 2.45) is 4.99 Å². The first-order valence-electron chi connectivity index (χ1n) is 7.54. The molecule has 0 saturated heterocycles. The van der Waals surface area contributed by atoms with Crippen LogP contribution >= 0.6 is 35.7 Å². The molecule has 9 heteroatoms. The van der Waals surface area contributed by atoms with Gasteiger partial charge in [-0.15, -0.1) is 24.0 Å². The smallest absolute Gasteiger partial charge is 0.211 e. The molecule has 0 amide bonds. The van der Waals surface area contributed by atoms with Crippen LogP contribution < -0.4 is 15.4 Å². The molecule has 0 atom stereocenters. The Balaban J connectivity index is 0. The summed E-state index contributed by atoms with van der Waals surface area (Å²) in [6.45, 7) is 6.43. The van der Waals surface area contributed by atoms with Crippen LogP contribution in [0.5, 0.6) is 0 Å². The second-order valence-corrected chi connectivity index (χ2v) is 7.62. The highest BCUT2D eigenvalue weighted by atomic mass is 127. The highest BCUT2D eigenvalue weighted by molar-refractivity contribution is 14.0. The van der Waals surface area contributed by atoms with Crippen LogP contribution in [0, 0.1) is 0 Å². The Labute approximate surface area is 157 Å². The third kappa shape index (κ3) is 15.2. The van der Waals surface area contributed by atoms with Crippen LogP contribution in [0.1, 0.15) is 33.1 Å². The number of halogens is 1. The minimum absolute atomic E-state index is 0. The second-order valence-electron chi connectivity index (χ2n) is 4.54. The molecule has 0 fully saturated rings. The average molecular weight is 466 g/mol. The molecule has 0 spiro atoms. The van der Waals surface area contributed by atoms with Gasteiger partial charge in [0.15, 0.2) is 5.96 Å². The summed E-state index contributed by atoms with van der Waals surface area (Å²) in [5, 5.41) is 6.48. The van der Waals surface area contributed by atoms with Crippen LogP contribution in [0.2, 0.25) is 0 Å². The minimum atomic E-state index is -3.09. The summed E-state index contributed by atoms with van der Waals surface area (Å²) in [5.41, 5.74) is 0. The number of unbranched alkanes of at least 4 members (excludes halogenated alkanes) is 1. The van der Waals surface area contributed by atoms with E-state index in [0.717, 1.165) is 25.5 Å². The van der Waals surface area contributed by atoms with Gasteiger partial charge in [0.05, 0.1) is 5.75 Å². The van der Waals surface area contributed by atoms with Crippen molar-refractivity contribution in [2.75, 3.05) is 43.9 Å². The summed E-state index contributed by atoms with van der Waals surface area (Å²) in [6.07, 6.45) is 5.14. The van der Waals surface area contributed by atoms with Crippen molar-refractivity contribution in [3.63, 3.8) is 0 Å². The molecule has 0 unspecified atom stereocenters. The van der Waals surface area contributed by atoms with Gasteiger partial charge in [0, 0.05) is 26.2 Å². The molecule has 6 nitrogen and oxygen atoms in total. The highest BCUT2D eigenvalue weighted by Crippen LogP contribution is 1.97. The van der Waals surface area contributed by atoms with E-state index in [1.165, 1.54) is 12.2 Å². The van der Waals surface area contributed by atoms with Crippen LogP contribution in [0.3, 0.4) is 0 Å². The zero-order chi connectivity index (χ0) is 16.0. The predicted molar refractivity (Wildman–Crippen MR) is 109 cm³/mol. The zero-order valence-corrected chi connectivity index (χ0v) is 17.8. The zero-order valence-electron chi connectivity index (χ0n) is 13.9. The molecule has 0 aliphatic carbocycles. The maximum atomic E-state index is 11.3. The van der Waals surface area contributed by atoms with E-state index in [0.29, 0.717) is 19.5 Å². The lowest BCUT2D eigenvalue weighted by Gasteiger charge is -2.11. The quantitative estimate of drug-likeness (QED) is 0.176. The minimum Gasteiger partial charge on any atom is -0.357 e. The van der Waals surface area contributed by atoms with E-state index in [1.54, 1.807) is 6.92 Å². The largest absolute Gasteiger partial charge is 0.357 e. The first-order valence-corrected chi connectivity index (χ1v) is 10.6. The van der Waals surface area contributed by atoms with Crippen LogP contribution in [-0.4, -0.2) is 58.3 Å². The predicted octanol–water partition coefficient (Wildman–Crippen LogP) is 1.63. The van der Waals surface area contributed by atoms with Gasteiger partial charge in [-0.05, 0) is 45.1 Å². The Morgan fingerprint density at radius 3 is 2.41 bits per heavy atom. The lowest BCUT2D eigenvalue weighted by Crippen LogP contribution is -2.38. The Bertz CT molecular complexity index is 378. The summed E-state index contributed by atoms with van der Waals surface area (Å²) in [5.74, 6) is 2.11. The van der Waals surface area contributed by atoms with Gasteiger partial charge in [-0.25, -0.2) is 13.1 Å². The van der Waals surface area contributed by atoms with Crippen molar-refractivity contribution in [1.82, 2.24) is 15.4 Å². The fourth-order valence-electron chi connectivity index (χ4n) is 1.52. The van der Waals surface area contributed by atoms with E-state index in [9.17, 15) is 8.42 Å². The molecule has 0 aromatic carbocycles. The van der Waals surface area contributed by atoms with Crippen molar-refractivity contribution in [3.8, 4) is 0 Å². The molecule has 0 rings (SSSR count). The molecule has 0 bridgehead atoms. The Kier molecular flexibility index (Phi) is 18.0. The molecule has 22 heavy (non-hydrogen) atoms. The maximum absolute atomic E-state index is 11.3. The number of guanidine groups is 1. The molecule has 0 aromatic heterocycles. The second kappa shape index (κ2) is 16.1. The molecule has 0 aliphatic heterocycles. The normalized spacial score (nSPS) is 11.9. The van der Waals surface area contributed by atoms with Crippen molar-refractivity contribution < 1.29 is 8.42 Å². The van der Waals surface area contributed by atoms with Gasteiger partial charge < -0.3 is 10.6 Å². The van der Waals surface area contributed by atoms with Crippen LogP contribution in [0.25, 0.3) is 0 Å². The molecule has 0 aliphatic rings. The molecular formula is C13H31IN4O2S2. The monoisotopic (exact) mass is 466 g/mol. The molecular weight excluding hydrogens is 435 g/mol. The van der Waals surface area contributed by atoms with Crippen molar-refractivity contribution in [1.29, 1.82) is 0 Å². The number of hydrogen-bond acceptors (Lipinski definition) is 4. The number of thioether (sulfide) groups is 1. The van der Waals surface area contributed by atoms with E-state index in [2.05, 4.69) is 26.6 Å². The van der Waals surface area contributed by atoms with Gasteiger partial charge in [-0.2, -0.15) is 11.8 Å². The Morgan fingerprint density at radius 1 is 1.09 bits per heavy atom. The number of nitrogens with zero attached hydrogens (tertiary/aromatic N) is 1. The summed E-state index contributed by atoms with van der Waals surface area (Å²) in [4.78, 5) is 4.43. The highest BCUT2D eigenvalue weighted by Gasteiger charge is 2.04. The van der Waals surface area contributed by atoms with Gasteiger partial charge >= 0.3 is 0 Å². The summed E-state index contributed by atoms with van der Waals surface area (Å²) >= 11 is 1.86. The Morgan fingerprint density at radius 2 is 1.82 bits per heavy atom. The lowest BCUT2D eigenvalue weighted by molar-refractivity contribution is 0.581. The number of rotatable bonds is 12. The Hall–Kier alpha value is 0.260. The topological polar surface area (TPSA) is 82.6 Å². The average Bonchev–Trinajstić information content (AvgIpc) is 2.46. The van der Waals surface area contributed by atoms with E-state index in [4.69, 9.17) is 0 Å². The van der Waals surface area contributed by atoms with Crippen LogP contribution in [0.4, 0.5) is 0 Å². The molecule has 0 radical (unpaired) electrons. The summed E-state index contributed by atoms with van der Waals surface area (Å²) in [7, 11) is -3.09. The molecule has 0 aromatic rings. The third-order valence-electron chi connectivity index (χ3n) is 2.72. The third-order valence-corrected chi connectivity index (χ3v) is 4.82. The van der Waals surface area contributed by atoms with Crippen molar-refractivity contribution >= 4 is 51.7 Å². The number of sulfonamides is 1. The summed E-state index contributed by atoms with van der Waals surface area (Å²) < 4.78 is 25.0. The van der Waals surface area contributed by atoms with E-state index >= 15 is 0 Å². The fraction of sp³-hybridized carbons (Fsp3) is 0.923. The molecule has 134 valence electrons. The standard InChI is InChI=1S/C13H30N4O2S2.HI/c1-4-14-13(15-9-6-7-12-20-3)16-10-8-11-17-21(18,19)5-2;/h17H,4-12H2,1-3H3,(H2,14,15,16);1H. The maximum Gasteiger partial charge on any atom is 0.211 e. The lowest BCUT2D eigenvalue weighted by atomic mass is 10.3. The molecule has 0 saturated carbocycles. The fourth-order valence-corrected chi connectivity index (χ4v) is 2.67. The van der Waals surface area contributed by atoms with E-state index in [1.807, 2.05) is 18.7 Å². The summed E-state index contributed by atoms with van der Waals surface area (Å²) in [6, 6.07) is 0. The first-order chi connectivity index (χ1) is 10.1. The van der Waals surface area contributed by atoms with Gasteiger partial charge in [-0.1, -0.05) is 0 Å². The first kappa shape index (κ1) is 24.5. The van der Waals surface area contributed by atoms with Crippen LogP contribution in [0.15, 0.2) is 4.99 Å². The van der Waals surface area contributed by atoms with Gasteiger partial charge in [-0.3, -0.25) is 4.99 Å². The van der Waals surface area contributed by atoms with Crippen LogP contribution in [-0.2, 0) is 10.0 Å². The van der Waals surface area contributed by atoms with Gasteiger partial charge in [0.2, 0.25) is 10.0 Å². The van der Waals surface area contributed by atoms with Gasteiger partial charge in [0.1, 0.15) is 0 Å². The van der Waals surface area contributed by atoms with Crippen molar-refractivity contribution in [3.05, 3.63) is 0 Å². The van der Waals surface area contributed by atoms with E-state index in [-0.39, 0.29) is 29.7 Å². The van der Waals surface area contributed by atoms with Gasteiger partial charge in [0.25, 0.3) is 0 Å². The van der Waals surface area contributed by atoms with E-state index < -0.39 is 10.0 Å². The number of aliphatic imine (C=N–C) groups is 1. The number of nitrogens with one attached hydrogen (secondary N) is 3. The number of hydrogen-bond donors (Lipinski definition) is 3. The van der Waals surface area contributed by atoms with Crippen molar-refractivity contribution in [2.45, 2.75) is 33.1 Å². The SMILES string of the molecule is CCNC(=NCCCNS(=O)(=O)CC)NCCCCSC.I. The molecule has 3 N–H and O–H groups in total. The molecule has 0 heterocycles.